The van der Waals surface area contributed by atoms with Gasteiger partial charge in [0.2, 0.25) is 0 Å². The molecule has 4 rings (SSSR count). The van der Waals surface area contributed by atoms with Crippen LogP contribution in [0.5, 0.6) is 5.75 Å². The molecule has 1 saturated carbocycles. The van der Waals surface area contributed by atoms with Gasteiger partial charge in [-0.2, -0.15) is 4.39 Å². The summed E-state index contributed by atoms with van der Waals surface area (Å²) in [6, 6.07) is 9.59. The first-order valence-corrected chi connectivity index (χ1v) is 8.68. The Balaban J connectivity index is 1.45. The predicted molar refractivity (Wildman–Crippen MR) is 87.7 cm³/mol. The molecule has 0 saturated heterocycles. The number of benzene rings is 1. The summed E-state index contributed by atoms with van der Waals surface area (Å²) in [7, 11) is 0. The van der Waals surface area contributed by atoms with Crippen molar-refractivity contribution in [2.75, 3.05) is 13.2 Å². The second-order valence-electron chi connectivity index (χ2n) is 6.42. The normalized spacial score (nSPS) is 24.9. The molecular formula is C18H18FNO2S. The maximum atomic E-state index is 13.2. The maximum Gasteiger partial charge on any atom is 0.261 e. The van der Waals surface area contributed by atoms with E-state index in [1.54, 1.807) is 6.92 Å². The maximum absolute atomic E-state index is 13.2. The van der Waals surface area contributed by atoms with Crippen molar-refractivity contribution in [3.63, 3.8) is 0 Å². The molecule has 1 aliphatic heterocycles. The van der Waals surface area contributed by atoms with Crippen LogP contribution in [0.25, 0.3) is 0 Å². The highest BCUT2D eigenvalue weighted by Crippen LogP contribution is 2.60. The van der Waals surface area contributed by atoms with E-state index in [4.69, 9.17) is 4.74 Å². The number of nitrogens with one attached hydrogen (secondary N) is 1. The Bertz CT molecular complexity index is 772. The van der Waals surface area contributed by atoms with E-state index in [-0.39, 0.29) is 16.5 Å². The predicted octanol–water partition coefficient (Wildman–Crippen LogP) is 3.67. The van der Waals surface area contributed by atoms with Gasteiger partial charge < -0.3 is 10.1 Å². The molecule has 2 heterocycles. The zero-order valence-electron chi connectivity index (χ0n) is 12.9. The van der Waals surface area contributed by atoms with E-state index in [0.717, 1.165) is 36.5 Å². The lowest BCUT2D eigenvalue weighted by Gasteiger charge is -2.27. The topological polar surface area (TPSA) is 38.3 Å². The minimum absolute atomic E-state index is 0.151. The zero-order chi connectivity index (χ0) is 16.0. The molecule has 2 aliphatic rings. The van der Waals surface area contributed by atoms with Crippen molar-refractivity contribution >= 4 is 17.2 Å². The number of hydrogen-bond donors (Lipinski definition) is 1. The standard InChI is InChI=1S/C18H18FNO2S/c1-11-8-15(19)23-16(11)17(21)20-10-12-9-18(12)6-7-22-14-5-3-2-4-13(14)18/h2-5,8,12H,6-7,9-10H2,1H3,(H,20,21). The molecular weight excluding hydrogens is 313 g/mol. The van der Waals surface area contributed by atoms with E-state index in [2.05, 4.69) is 11.4 Å². The molecule has 0 bridgehead atoms. The monoisotopic (exact) mass is 331 g/mol. The van der Waals surface area contributed by atoms with Crippen LogP contribution in [0.2, 0.25) is 0 Å². The lowest BCUT2D eigenvalue weighted by atomic mass is 9.87. The Morgan fingerprint density at radius 3 is 3.09 bits per heavy atom. The smallest absolute Gasteiger partial charge is 0.261 e. The first-order chi connectivity index (χ1) is 11.1. The van der Waals surface area contributed by atoms with Gasteiger partial charge >= 0.3 is 0 Å². The van der Waals surface area contributed by atoms with Gasteiger partial charge in [0.1, 0.15) is 5.75 Å². The van der Waals surface area contributed by atoms with Gasteiger partial charge in [-0.15, -0.1) is 11.3 Å². The number of aryl methyl sites for hydroxylation is 1. The van der Waals surface area contributed by atoms with Crippen LogP contribution < -0.4 is 10.1 Å². The Kier molecular flexibility index (Phi) is 3.41. The SMILES string of the molecule is Cc1cc(F)sc1C(=O)NCC1CC12CCOc1ccccc12. The molecule has 5 heteroatoms. The Morgan fingerprint density at radius 1 is 1.48 bits per heavy atom. The molecule has 3 nitrogen and oxygen atoms in total. The minimum atomic E-state index is -0.311. The van der Waals surface area contributed by atoms with Crippen molar-refractivity contribution in [3.05, 3.63) is 51.5 Å². The molecule has 1 aromatic carbocycles. The first kappa shape index (κ1) is 14.7. The van der Waals surface area contributed by atoms with E-state index >= 15 is 0 Å². The van der Waals surface area contributed by atoms with Crippen LogP contribution in [-0.4, -0.2) is 19.1 Å². The largest absolute Gasteiger partial charge is 0.493 e. The van der Waals surface area contributed by atoms with E-state index in [1.165, 1.54) is 11.6 Å². The lowest BCUT2D eigenvalue weighted by molar-refractivity contribution is 0.0954. The van der Waals surface area contributed by atoms with E-state index in [9.17, 15) is 9.18 Å². The molecule has 2 aromatic rings. The van der Waals surface area contributed by atoms with Crippen LogP contribution in [0.4, 0.5) is 4.39 Å². The number of fused-ring (bicyclic) bond motifs is 2. The van der Waals surface area contributed by atoms with Gasteiger partial charge in [-0.05, 0) is 43.4 Å². The summed E-state index contributed by atoms with van der Waals surface area (Å²) in [5, 5.41) is 2.67. The lowest BCUT2D eigenvalue weighted by Crippen LogP contribution is -2.29. The minimum Gasteiger partial charge on any atom is -0.493 e. The molecule has 1 fully saturated rings. The Labute approximate surface area is 138 Å². The highest BCUT2D eigenvalue weighted by Gasteiger charge is 2.57. The van der Waals surface area contributed by atoms with Crippen molar-refractivity contribution in [1.82, 2.24) is 5.32 Å². The number of carbonyl (C=O) groups is 1. The third-order valence-electron chi connectivity index (χ3n) is 5.06. The van der Waals surface area contributed by atoms with Gasteiger partial charge in [-0.1, -0.05) is 18.2 Å². The van der Waals surface area contributed by atoms with Crippen LogP contribution >= 0.6 is 11.3 Å². The summed E-state index contributed by atoms with van der Waals surface area (Å²) < 4.78 is 19.0. The third-order valence-corrected chi connectivity index (χ3v) is 6.09. The number of para-hydroxylation sites is 1. The highest BCUT2D eigenvalue weighted by atomic mass is 32.1. The van der Waals surface area contributed by atoms with Crippen molar-refractivity contribution in [2.45, 2.75) is 25.2 Å². The summed E-state index contributed by atoms with van der Waals surface area (Å²) in [5.74, 6) is 1.24. The first-order valence-electron chi connectivity index (χ1n) is 7.86. The number of rotatable bonds is 3. The van der Waals surface area contributed by atoms with Gasteiger partial charge in [0, 0.05) is 17.5 Å². The number of amides is 1. The number of halogens is 1. The number of carbonyl (C=O) groups excluding carboxylic acids is 1. The van der Waals surface area contributed by atoms with Crippen molar-refractivity contribution in [3.8, 4) is 5.75 Å². The molecule has 1 amide bonds. The molecule has 0 radical (unpaired) electrons. The molecule has 1 spiro atoms. The quantitative estimate of drug-likeness (QED) is 0.932. The van der Waals surface area contributed by atoms with Crippen LogP contribution in [0, 0.1) is 18.0 Å². The van der Waals surface area contributed by atoms with E-state index in [0.29, 0.717) is 22.9 Å². The fourth-order valence-corrected chi connectivity index (χ4v) is 4.55. The molecule has 1 aliphatic carbocycles. The van der Waals surface area contributed by atoms with Gasteiger partial charge in [-0.25, -0.2) is 0 Å². The Hall–Kier alpha value is -1.88. The summed E-state index contributed by atoms with van der Waals surface area (Å²) in [5.41, 5.74) is 2.12. The number of thiophene rings is 1. The van der Waals surface area contributed by atoms with Crippen LogP contribution in [0.15, 0.2) is 30.3 Å². The Morgan fingerprint density at radius 2 is 2.30 bits per heavy atom. The van der Waals surface area contributed by atoms with Crippen molar-refractivity contribution in [2.24, 2.45) is 5.92 Å². The van der Waals surface area contributed by atoms with Crippen LogP contribution in [0.1, 0.15) is 33.6 Å². The fraction of sp³-hybridized carbons (Fsp3) is 0.389. The van der Waals surface area contributed by atoms with Gasteiger partial charge in [0.25, 0.3) is 5.91 Å². The summed E-state index contributed by atoms with van der Waals surface area (Å²) in [6.45, 7) is 3.13. The van der Waals surface area contributed by atoms with Crippen molar-refractivity contribution < 1.29 is 13.9 Å². The van der Waals surface area contributed by atoms with Gasteiger partial charge in [-0.3, -0.25) is 4.79 Å². The van der Waals surface area contributed by atoms with Gasteiger partial charge in [0.15, 0.2) is 5.13 Å². The van der Waals surface area contributed by atoms with E-state index < -0.39 is 0 Å². The van der Waals surface area contributed by atoms with E-state index in [1.807, 2.05) is 18.2 Å². The average molecular weight is 331 g/mol. The second-order valence-corrected chi connectivity index (χ2v) is 7.43. The highest BCUT2D eigenvalue weighted by molar-refractivity contribution is 7.12. The molecule has 2 unspecified atom stereocenters. The fourth-order valence-electron chi connectivity index (χ4n) is 3.73. The molecule has 23 heavy (non-hydrogen) atoms. The third kappa shape index (κ3) is 2.43. The molecule has 120 valence electrons. The van der Waals surface area contributed by atoms with Gasteiger partial charge in [0.05, 0.1) is 11.5 Å². The second kappa shape index (κ2) is 5.34. The summed E-state index contributed by atoms with van der Waals surface area (Å²) in [4.78, 5) is 12.7. The number of ether oxygens (including phenoxy) is 1. The van der Waals surface area contributed by atoms with Crippen LogP contribution in [0.3, 0.4) is 0 Å². The number of hydrogen-bond acceptors (Lipinski definition) is 3. The zero-order valence-corrected chi connectivity index (χ0v) is 13.7. The molecule has 2 atom stereocenters. The van der Waals surface area contributed by atoms with Crippen molar-refractivity contribution in [1.29, 1.82) is 0 Å². The summed E-state index contributed by atoms with van der Waals surface area (Å²) in [6.07, 6.45) is 2.07. The van der Waals surface area contributed by atoms with Crippen LogP contribution in [-0.2, 0) is 5.41 Å². The molecule has 1 aromatic heterocycles. The molecule has 1 N–H and O–H groups in total. The summed E-state index contributed by atoms with van der Waals surface area (Å²) >= 11 is 0.911. The average Bonchev–Trinajstić information content (AvgIpc) is 3.12.